The molecule has 1 unspecified atom stereocenters. The van der Waals surface area contributed by atoms with Crippen molar-refractivity contribution in [2.75, 3.05) is 7.11 Å². The third-order valence-electron chi connectivity index (χ3n) is 2.91. The number of thiazole rings is 1. The summed E-state index contributed by atoms with van der Waals surface area (Å²) in [7, 11) is 1.71. The highest BCUT2D eigenvalue weighted by molar-refractivity contribution is 7.09. The summed E-state index contributed by atoms with van der Waals surface area (Å²) in [5.74, 6) is 0.941. The molecule has 1 aromatic carbocycles. The van der Waals surface area contributed by atoms with Crippen molar-refractivity contribution >= 4 is 11.3 Å². The molecule has 1 aromatic heterocycles. The number of aromatic nitrogens is 1. The van der Waals surface area contributed by atoms with Gasteiger partial charge in [-0.25, -0.2) is 4.98 Å². The van der Waals surface area contributed by atoms with E-state index in [2.05, 4.69) is 23.3 Å². The maximum Gasteiger partial charge on any atom is 0.123 e. The first-order valence-electron chi connectivity index (χ1n) is 6.09. The number of rotatable bonds is 6. The topological polar surface area (TPSA) is 34.2 Å². The first-order chi connectivity index (χ1) is 8.85. The van der Waals surface area contributed by atoms with Gasteiger partial charge in [0.2, 0.25) is 0 Å². The summed E-state index contributed by atoms with van der Waals surface area (Å²) in [5, 5.41) is 6.65. The zero-order chi connectivity index (χ0) is 12.8. The molecule has 0 amide bonds. The Hall–Kier alpha value is -1.39. The molecule has 0 aliphatic rings. The Labute approximate surface area is 112 Å². The van der Waals surface area contributed by atoms with Crippen LogP contribution in [0.2, 0.25) is 0 Å². The van der Waals surface area contributed by atoms with E-state index in [4.69, 9.17) is 4.74 Å². The average molecular weight is 262 g/mol. The van der Waals surface area contributed by atoms with Crippen LogP contribution in [0.3, 0.4) is 0 Å². The molecule has 0 saturated heterocycles. The van der Waals surface area contributed by atoms with Gasteiger partial charge in [-0.05, 0) is 12.5 Å². The van der Waals surface area contributed by atoms with E-state index in [9.17, 15) is 0 Å². The van der Waals surface area contributed by atoms with Gasteiger partial charge < -0.3 is 10.1 Å². The fourth-order valence-corrected chi connectivity index (χ4v) is 2.55. The van der Waals surface area contributed by atoms with Crippen LogP contribution in [0.15, 0.2) is 35.8 Å². The van der Waals surface area contributed by atoms with E-state index in [1.165, 1.54) is 5.56 Å². The highest BCUT2D eigenvalue weighted by Gasteiger charge is 2.13. The van der Waals surface area contributed by atoms with E-state index in [0.717, 1.165) is 23.7 Å². The van der Waals surface area contributed by atoms with Gasteiger partial charge in [0, 0.05) is 29.7 Å². The lowest BCUT2D eigenvalue weighted by atomic mass is 10.0. The van der Waals surface area contributed by atoms with Gasteiger partial charge in [-0.15, -0.1) is 11.3 Å². The molecule has 0 aliphatic carbocycles. The molecule has 0 fully saturated rings. The monoisotopic (exact) mass is 262 g/mol. The van der Waals surface area contributed by atoms with Crippen LogP contribution in [-0.4, -0.2) is 12.1 Å². The van der Waals surface area contributed by atoms with Gasteiger partial charge >= 0.3 is 0 Å². The van der Waals surface area contributed by atoms with E-state index in [1.807, 2.05) is 29.8 Å². The first-order valence-corrected chi connectivity index (χ1v) is 6.97. The number of para-hydroxylation sites is 1. The van der Waals surface area contributed by atoms with E-state index in [-0.39, 0.29) is 0 Å². The van der Waals surface area contributed by atoms with E-state index >= 15 is 0 Å². The molecular formula is C14H18N2OS. The second-order valence-corrected chi connectivity index (χ2v) is 4.99. The smallest absolute Gasteiger partial charge is 0.123 e. The summed E-state index contributed by atoms with van der Waals surface area (Å²) in [5.41, 5.74) is 1.21. The summed E-state index contributed by atoms with van der Waals surface area (Å²) in [4.78, 5) is 4.28. The lowest BCUT2D eigenvalue weighted by Crippen LogP contribution is -2.20. The number of ether oxygens (including phenoxy) is 1. The molecule has 3 nitrogen and oxygen atoms in total. The van der Waals surface area contributed by atoms with Crippen molar-refractivity contribution in [1.29, 1.82) is 0 Å². The number of nitrogens with zero attached hydrogens (tertiary/aromatic N) is 1. The highest BCUT2D eigenvalue weighted by atomic mass is 32.1. The molecule has 1 N–H and O–H groups in total. The van der Waals surface area contributed by atoms with Gasteiger partial charge in [0.1, 0.15) is 10.8 Å². The van der Waals surface area contributed by atoms with Crippen LogP contribution in [0.25, 0.3) is 0 Å². The molecule has 0 saturated carbocycles. The first kappa shape index (κ1) is 13.1. The maximum atomic E-state index is 5.41. The molecule has 0 radical (unpaired) electrons. The number of hydrogen-bond acceptors (Lipinski definition) is 4. The predicted molar refractivity (Wildman–Crippen MR) is 75.0 cm³/mol. The SMILES string of the molecule is CCC(NCc1nccs1)c1ccccc1OC. The van der Waals surface area contributed by atoms with Crippen LogP contribution in [-0.2, 0) is 6.54 Å². The van der Waals surface area contributed by atoms with Crippen LogP contribution in [0.4, 0.5) is 0 Å². The second kappa shape index (κ2) is 6.52. The van der Waals surface area contributed by atoms with Gasteiger partial charge in [-0.1, -0.05) is 25.1 Å². The zero-order valence-electron chi connectivity index (χ0n) is 10.7. The highest BCUT2D eigenvalue weighted by Crippen LogP contribution is 2.27. The van der Waals surface area contributed by atoms with E-state index < -0.39 is 0 Å². The van der Waals surface area contributed by atoms with Crippen LogP contribution in [0.5, 0.6) is 5.75 Å². The number of benzene rings is 1. The normalized spacial score (nSPS) is 12.3. The average Bonchev–Trinajstić information content (AvgIpc) is 2.93. The molecule has 1 atom stereocenters. The van der Waals surface area contributed by atoms with Crippen molar-refractivity contribution in [3.63, 3.8) is 0 Å². The maximum absolute atomic E-state index is 5.41. The molecular weight excluding hydrogens is 244 g/mol. The molecule has 1 heterocycles. The van der Waals surface area contributed by atoms with Gasteiger partial charge in [0.25, 0.3) is 0 Å². The predicted octanol–water partition coefficient (Wildman–Crippen LogP) is 3.39. The number of methoxy groups -OCH3 is 1. The standard InChI is InChI=1S/C14H18N2OS/c1-3-12(16-10-14-15-8-9-18-14)11-6-4-5-7-13(11)17-2/h4-9,12,16H,3,10H2,1-2H3. The second-order valence-electron chi connectivity index (χ2n) is 4.01. The summed E-state index contributed by atoms with van der Waals surface area (Å²) in [6.45, 7) is 2.97. The van der Waals surface area contributed by atoms with E-state index in [0.29, 0.717) is 6.04 Å². The Bertz CT molecular complexity index is 470. The van der Waals surface area contributed by atoms with Crippen molar-refractivity contribution in [3.05, 3.63) is 46.4 Å². The fourth-order valence-electron chi connectivity index (χ4n) is 1.98. The molecule has 4 heteroatoms. The minimum atomic E-state index is 0.296. The third-order valence-corrected chi connectivity index (χ3v) is 3.69. The fraction of sp³-hybridized carbons (Fsp3) is 0.357. The number of nitrogens with one attached hydrogen (secondary N) is 1. The van der Waals surface area contributed by atoms with Crippen LogP contribution >= 0.6 is 11.3 Å². The van der Waals surface area contributed by atoms with Crippen molar-refractivity contribution in [3.8, 4) is 5.75 Å². The van der Waals surface area contributed by atoms with Crippen molar-refractivity contribution < 1.29 is 4.74 Å². The van der Waals surface area contributed by atoms with Crippen LogP contribution in [0.1, 0.15) is 30.0 Å². The van der Waals surface area contributed by atoms with Crippen LogP contribution in [0, 0.1) is 0 Å². The van der Waals surface area contributed by atoms with Gasteiger partial charge in [-0.3, -0.25) is 0 Å². The Balaban J connectivity index is 2.08. The quantitative estimate of drug-likeness (QED) is 0.866. The van der Waals surface area contributed by atoms with Crippen molar-refractivity contribution in [2.45, 2.75) is 25.9 Å². The number of hydrogen-bond donors (Lipinski definition) is 1. The summed E-state index contributed by atoms with van der Waals surface area (Å²) < 4.78 is 5.41. The molecule has 0 aliphatic heterocycles. The lowest BCUT2D eigenvalue weighted by Gasteiger charge is -2.19. The largest absolute Gasteiger partial charge is 0.496 e. The van der Waals surface area contributed by atoms with E-state index in [1.54, 1.807) is 18.4 Å². The Kier molecular flexibility index (Phi) is 4.73. The minimum absolute atomic E-state index is 0.296. The Morgan fingerprint density at radius 3 is 2.89 bits per heavy atom. The molecule has 18 heavy (non-hydrogen) atoms. The molecule has 2 rings (SSSR count). The van der Waals surface area contributed by atoms with Gasteiger partial charge in [0.05, 0.1) is 7.11 Å². The molecule has 96 valence electrons. The summed E-state index contributed by atoms with van der Waals surface area (Å²) >= 11 is 1.68. The Morgan fingerprint density at radius 1 is 1.39 bits per heavy atom. The zero-order valence-corrected chi connectivity index (χ0v) is 11.5. The lowest BCUT2D eigenvalue weighted by molar-refractivity contribution is 0.396. The van der Waals surface area contributed by atoms with Crippen molar-refractivity contribution in [1.82, 2.24) is 10.3 Å². The van der Waals surface area contributed by atoms with Gasteiger partial charge in [0.15, 0.2) is 0 Å². The molecule has 0 bridgehead atoms. The summed E-state index contributed by atoms with van der Waals surface area (Å²) in [6, 6.07) is 8.46. The summed E-state index contributed by atoms with van der Waals surface area (Å²) in [6.07, 6.45) is 2.86. The minimum Gasteiger partial charge on any atom is -0.496 e. The van der Waals surface area contributed by atoms with Crippen LogP contribution < -0.4 is 10.1 Å². The van der Waals surface area contributed by atoms with Crippen molar-refractivity contribution in [2.24, 2.45) is 0 Å². The molecule has 2 aromatic rings. The Morgan fingerprint density at radius 2 is 2.22 bits per heavy atom. The molecule has 0 spiro atoms. The van der Waals surface area contributed by atoms with Gasteiger partial charge in [-0.2, -0.15) is 0 Å². The third kappa shape index (κ3) is 3.09.